The number of hydrogen-bond acceptors (Lipinski definition) is 2. The van der Waals surface area contributed by atoms with Crippen LogP contribution in [0.4, 0.5) is 4.39 Å². The molecule has 3 nitrogen and oxygen atoms in total. The maximum absolute atomic E-state index is 13.2. The van der Waals surface area contributed by atoms with Crippen molar-refractivity contribution in [3.63, 3.8) is 0 Å². The first-order chi connectivity index (χ1) is 8.75. The first kappa shape index (κ1) is 13.3. The minimum absolute atomic E-state index is 0.0279. The minimum Gasteiger partial charge on any atom is -0.462 e. The molecule has 2 heterocycles. The second-order valence-corrected chi connectivity index (χ2v) is 4.72. The lowest BCUT2D eigenvalue weighted by molar-refractivity contribution is 0.331. The van der Waals surface area contributed by atoms with Gasteiger partial charge in [-0.1, -0.05) is 26.0 Å². The van der Waals surface area contributed by atoms with E-state index < -0.39 is 0 Å². The van der Waals surface area contributed by atoms with Crippen molar-refractivity contribution in [1.29, 1.82) is 0 Å². The van der Waals surface area contributed by atoms with Crippen LogP contribution in [-0.2, 0) is 0 Å². The Morgan fingerprint density at radius 3 is 2.94 bits per heavy atom. The number of benzene rings is 1. The van der Waals surface area contributed by atoms with E-state index in [1.807, 2.05) is 24.5 Å². The summed E-state index contributed by atoms with van der Waals surface area (Å²) in [5.74, 6) is -0.221. The van der Waals surface area contributed by atoms with E-state index in [1.165, 1.54) is 6.07 Å². The molecule has 96 valence electrons. The zero-order chi connectivity index (χ0) is 13.1. The Hall–Kier alpha value is -1.11. The Labute approximate surface area is 119 Å². The van der Waals surface area contributed by atoms with Gasteiger partial charge in [-0.05, 0) is 40.3 Å². The fourth-order valence-corrected chi connectivity index (χ4v) is 2.58. The molecule has 0 aliphatic carbocycles. The second-order valence-electron chi connectivity index (χ2n) is 3.62. The number of ether oxygens (including phenoxy) is 1. The third-order valence-electron chi connectivity index (χ3n) is 2.63. The number of fused-ring (bicyclic) bond motifs is 1. The molecule has 0 amide bonds. The molecule has 1 aromatic heterocycles. The van der Waals surface area contributed by atoms with Crippen molar-refractivity contribution in [2.75, 3.05) is 6.61 Å². The Balaban J connectivity index is 0.000000574. The van der Waals surface area contributed by atoms with E-state index in [1.54, 1.807) is 18.3 Å². The monoisotopic (exact) mass is 360 g/mol. The molecular formula is C13H14FIN2O. The van der Waals surface area contributed by atoms with Gasteiger partial charge in [0.1, 0.15) is 16.1 Å². The zero-order valence-corrected chi connectivity index (χ0v) is 12.4. The summed E-state index contributed by atoms with van der Waals surface area (Å²) in [6.45, 7) is 4.52. The van der Waals surface area contributed by atoms with Crippen molar-refractivity contribution in [2.24, 2.45) is 0 Å². The summed E-state index contributed by atoms with van der Waals surface area (Å²) < 4.78 is 21.6. The lowest BCUT2D eigenvalue weighted by Crippen LogP contribution is -2.10. The van der Waals surface area contributed by atoms with Gasteiger partial charge < -0.3 is 4.74 Å². The van der Waals surface area contributed by atoms with E-state index >= 15 is 0 Å². The highest BCUT2D eigenvalue weighted by Gasteiger charge is 2.28. The molecular weight excluding hydrogens is 346 g/mol. The van der Waals surface area contributed by atoms with Gasteiger partial charge >= 0.3 is 0 Å². The Bertz CT molecular complexity index is 542. The average Bonchev–Trinajstić information content (AvgIpc) is 2.96. The maximum Gasteiger partial charge on any atom is 0.297 e. The lowest BCUT2D eigenvalue weighted by Gasteiger charge is -2.11. The maximum atomic E-state index is 13.2. The van der Waals surface area contributed by atoms with Crippen LogP contribution in [0.5, 0.6) is 6.01 Å². The summed E-state index contributed by atoms with van der Waals surface area (Å²) in [6, 6.07) is 7.24. The van der Waals surface area contributed by atoms with Crippen molar-refractivity contribution >= 4 is 22.6 Å². The van der Waals surface area contributed by atoms with Gasteiger partial charge in [-0.15, -0.1) is 0 Å². The molecule has 3 rings (SSSR count). The lowest BCUT2D eigenvalue weighted by atomic mass is 10.1. The Kier molecular flexibility index (Phi) is 4.21. The molecule has 0 fully saturated rings. The fraction of sp³-hybridized carbons (Fsp3) is 0.308. The van der Waals surface area contributed by atoms with Gasteiger partial charge in [0.05, 0.1) is 12.2 Å². The van der Waals surface area contributed by atoms with E-state index in [-0.39, 0.29) is 11.9 Å². The molecule has 0 saturated heterocycles. The van der Waals surface area contributed by atoms with Crippen LogP contribution >= 0.6 is 22.6 Å². The van der Waals surface area contributed by atoms with E-state index in [2.05, 4.69) is 27.6 Å². The standard InChI is InChI=1S/C11H8FIN2O.C2H6/c12-8-3-1-2-7(4-8)9-6-16-11-14-5-10(13)15(9)11;1-2/h1-5,9H,6H2;1-2H3. The number of rotatable bonds is 1. The molecule has 0 spiro atoms. The third-order valence-corrected chi connectivity index (χ3v) is 3.43. The number of halogens is 2. The Morgan fingerprint density at radius 1 is 1.44 bits per heavy atom. The molecule has 5 heteroatoms. The zero-order valence-electron chi connectivity index (χ0n) is 10.2. The van der Waals surface area contributed by atoms with Crippen LogP contribution in [0.1, 0.15) is 25.5 Å². The molecule has 1 aliphatic heterocycles. The first-order valence-corrected chi connectivity index (χ1v) is 6.94. The summed E-state index contributed by atoms with van der Waals surface area (Å²) >= 11 is 2.20. The van der Waals surface area contributed by atoms with Gasteiger partial charge in [0, 0.05) is 0 Å². The Morgan fingerprint density at radius 2 is 2.22 bits per heavy atom. The summed E-state index contributed by atoms with van der Waals surface area (Å²) in [5, 5.41) is 0. The van der Waals surface area contributed by atoms with Crippen molar-refractivity contribution in [3.8, 4) is 6.01 Å². The predicted molar refractivity (Wildman–Crippen MR) is 76.3 cm³/mol. The van der Waals surface area contributed by atoms with E-state index in [9.17, 15) is 4.39 Å². The summed E-state index contributed by atoms with van der Waals surface area (Å²) in [6.07, 6.45) is 1.75. The molecule has 2 aromatic rings. The minimum atomic E-state index is -0.221. The predicted octanol–water partition coefficient (Wildman–Crippen LogP) is 3.63. The van der Waals surface area contributed by atoms with Crippen molar-refractivity contribution in [1.82, 2.24) is 9.55 Å². The molecule has 1 aromatic carbocycles. The van der Waals surface area contributed by atoms with Crippen LogP contribution in [0.3, 0.4) is 0 Å². The van der Waals surface area contributed by atoms with Crippen LogP contribution in [0.25, 0.3) is 0 Å². The van der Waals surface area contributed by atoms with Gasteiger partial charge in [-0.2, -0.15) is 0 Å². The molecule has 0 bridgehead atoms. The quantitative estimate of drug-likeness (QED) is 0.727. The van der Waals surface area contributed by atoms with E-state index in [4.69, 9.17) is 4.74 Å². The third kappa shape index (κ3) is 2.36. The second kappa shape index (κ2) is 5.69. The summed E-state index contributed by atoms with van der Waals surface area (Å²) in [7, 11) is 0. The van der Waals surface area contributed by atoms with Crippen molar-refractivity contribution in [2.45, 2.75) is 19.9 Å². The number of nitrogens with zero attached hydrogens (tertiary/aromatic N) is 2. The fourth-order valence-electron chi connectivity index (χ4n) is 1.90. The largest absolute Gasteiger partial charge is 0.462 e. The molecule has 1 aliphatic rings. The number of imidazole rings is 1. The summed E-state index contributed by atoms with van der Waals surface area (Å²) in [5.41, 5.74) is 0.912. The van der Waals surface area contributed by atoms with Crippen molar-refractivity contribution < 1.29 is 9.13 Å². The number of hydrogen-bond donors (Lipinski definition) is 0. The number of aromatic nitrogens is 2. The van der Waals surface area contributed by atoms with Gasteiger partial charge in [-0.3, -0.25) is 4.57 Å². The van der Waals surface area contributed by atoms with E-state index in [0.717, 1.165) is 9.26 Å². The van der Waals surface area contributed by atoms with E-state index in [0.29, 0.717) is 12.6 Å². The highest BCUT2D eigenvalue weighted by atomic mass is 127. The summed E-state index contributed by atoms with van der Waals surface area (Å²) in [4.78, 5) is 4.13. The molecule has 1 unspecified atom stereocenters. The SMILES string of the molecule is CC.Fc1cccc(C2COc3ncc(I)n32)c1. The first-order valence-electron chi connectivity index (χ1n) is 5.86. The molecule has 0 N–H and O–H groups in total. The highest BCUT2D eigenvalue weighted by Crippen LogP contribution is 2.32. The van der Waals surface area contributed by atoms with Crippen LogP contribution < -0.4 is 4.74 Å². The molecule has 0 saturated carbocycles. The normalized spacial score (nSPS) is 16.6. The van der Waals surface area contributed by atoms with Crippen LogP contribution in [-0.4, -0.2) is 16.2 Å². The van der Waals surface area contributed by atoms with Gasteiger partial charge in [-0.25, -0.2) is 9.37 Å². The van der Waals surface area contributed by atoms with Gasteiger partial charge in [0.25, 0.3) is 6.01 Å². The van der Waals surface area contributed by atoms with Crippen molar-refractivity contribution in [3.05, 3.63) is 45.5 Å². The molecule has 18 heavy (non-hydrogen) atoms. The van der Waals surface area contributed by atoms with Crippen LogP contribution in [0, 0.1) is 9.52 Å². The highest BCUT2D eigenvalue weighted by molar-refractivity contribution is 14.1. The van der Waals surface area contributed by atoms with Gasteiger partial charge in [0.15, 0.2) is 0 Å². The van der Waals surface area contributed by atoms with Crippen LogP contribution in [0.2, 0.25) is 0 Å². The topological polar surface area (TPSA) is 27.1 Å². The smallest absolute Gasteiger partial charge is 0.297 e. The van der Waals surface area contributed by atoms with Gasteiger partial charge in [0.2, 0.25) is 0 Å². The molecule has 1 atom stereocenters. The molecule has 0 radical (unpaired) electrons. The van der Waals surface area contributed by atoms with Crippen LogP contribution in [0.15, 0.2) is 30.5 Å². The average molecular weight is 360 g/mol.